The molecule has 1 saturated heterocycles. The Morgan fingerprint density at radius 3 is 2.43 bits per heavy atom. The van der Waals surface area contributed by atoms with Gasteiger partial charge in [0, 0.05) is 60.7 Å². The first-order valence-electron chi connectivity index (χ1n) is 9.77. The molecule has 6 heteroatoms. The van der Waals surface area contributed by atoms with Gasteiger partial charge in [-0.25, -0.2) is 0 Å². The fourth-order valence-electron chi connectivity index (χ4n) is 3.56. The van der Waals surface area contributed by atoms with Crippen molar-refractivity contribution in [3.63, 3.8) is 0 Å². The van der Waals surface area contributed by atoms with Crippen molar-refractivity contribution in [2.45, 2.75) is 13.3 Å². The highest BCUT2D eigenvalue weighted by atomic mass is 16.3. The highest BCUT2D eigenvalue weighted by Crippen LogP contribution is 2.39. The summed E-state index contributed by atoms with van der Waals surface area (Å²) in [5, 5.41) is 25.0. The Morgan fingerprint density at radius 1 is 1.11 bits per heavy atom. The van der Waals surface area contributed by atoms with Crippen LogP contribution in [0.2, 0.25) is 0 Å². The number of benzene rings is 2. The van der Waals surface area contributed by atoms with Gasteiger partial charge in [0.25, 0.3) is 0 Å². The molecule has 1 heterocycles. The fraction of sp³-hybridized carbons (Fsp3) is 0.409. The van der Waals surface area contributed by atoms with E-state index in [1.165, 1.54) is 6.08 Å². The summed E-state index contributed by atoms with van der Waals surface area (Å²) in [5.41, 5.74) is 1.01. The number of aromatic hydroxyl groups is 2. The predicted octanol–water partition coefficient (Wildman–Crippen LogP) is 2.33. The van der Waals surface area contributed by atoms with E-state index in [-0.39, 0.29) is 17.4 Å². The van der Waals surface area contributed by atoms with E-state index >= 15 is 0 Å². The van der Waals surface area contributed by atoms with Crippen molar-refractivity contribution >= 4 is 22.8 Å². The topological polar surface area (TPSA) is 76.0 Å². The number of phenols is 2. The molecule has 3 rings (SSSR count). The van der Waals surface area contributed by atoms with Crippen molar-refractivity contribution in [3.05, 3.63) is 41.5 Å². The lowest BCUT2D eigenvalue weighted by atomic mass is 9.98. The summed E-state index contributed by atoms with van der Waals surface area (Å²) < 4.78 is 0. The molecule has 0 spiro atoms. The first-order valence-corrected chi connectivity index (χ1v) is 9.77. The van der Waals surface area contributed by atoms with Crippen LogP contribution in [0.5, 0.6) is 11.5 Å². The minimum atomic E-state index is -0.204. The number of amides is 1. The zero-order valence-electron chi connectivity index (χ0n) is 16.6. The predicted molar refractivity (Wildman–Crippen MR) is 113 cm³/mol. The second kappa shape index (κ2) is 9.08. The maximum absolute atomic E-state index is 12.1. The number of hydrogen-bond acceptors (Lipinski definition) is 5. The zero-order valence-corrected chi connectivity index (χ0v) is 16.6. The highest BCUT2D eigenvalue weighted by Gasteiger charge is 2.14. The summed E-state index contributed by atoms with van der Waals surface area (Å²) in [6.07, 6.45) is 3.88. The van der Waals surface area contributed by atoms with Crippen LogP contribution >= 0.6 is 0 Å². The lowest BCUT2D eigenvalue weighted by Gasteiger charge is -2.32. The maximum atomic E-state index is 12.1. The Labute approximate surface area is 166 Å². The largest absolute Gasteiger partial charge is 0.507 e. The van der Waals surface area contributed by atoms with E-state index in [4.69, 9.17) is 0 Å². The van der Waals surface area contributed by atoms with Crippen LogP contribution in [0.25, 0.3) is 16.8 Å². The van der Waals surface area contributed by atoms with Crippen LogP contribution in [-0.4, -0.2) is 72.2 Å². The van der Waals surface area contributed by atoms with Crippen molar-refractivity contribution in [2.24, 2.45) is 0 Å². The summed E-state index contributed by atoms with van der Waals surface area (Å²) >= 11 is 0. The zero-order chi connectivity index (χ0) is 20.1. The molecule has 1 aliphatic rings. The van der Waals surface area contributed by atoms with Crippen molar-refractivity contribution in [3.8, 4) is 11.5 Å². The molecular formula is C22H29N3O3. The second-order valence-corrected chi connectivity index (χ2v) is 7.40. The van der Waals surface area contributed by atoms with Crippen LogP contribution in [0, 0.1) is 6.92 Å². The Hall–Kier alpha value is -2.57. The number of carbonyl (C=O) groups excluding carboxylic acids is 1. The van der Waals surface area contributed by atoms with Crippen LogP contribution in [0.4, 0.5) is 0 Å². The first-order chi connectivity index (χ1) is 13.5. The lowest BCUT2D eigenvalue weighted by molar-refractivity contribution is -0.116. The first kappa shape index (κ1) is 20.2. The lowest BCUT2D eigenvalue weighted by Crippen LogP contribution is -2.45. The molecule has 0 atom stereocenters. The van der Waals surface area contributed by atoms with Gasteiger partial charge in [0.05, 0.1) is 0 Å². The van der Waals surface area contributed by atoms with E-state index < -0.39 is 0 Å². The van der Waals surface area contributed by atoms with Crippen LogP contribution in [0.1, 0.15) is 17.5 Å². The van der Waals surface area contributed by atoms with Crippen LogP contribution in [0.3, 0.4) is 0 Å². The molecule has 1 fully saturated rings. The minimum Gasteiger partial charge on any atom is -0.507 e. The maximum Gasteiger partial charge on any atom is 0.244 e. The standard InChI is InChI=1S/C22H29N3O3/c1-16-17(22(28)19-7-4-3-6-18(19)21(16)27)8-9-20(26)23-10-5-11-25-14-12-24(2)13-15-25/h3-4,6-9,27-28H,5,10-15H2,1-2H3,(H,23,26)/b9-8+. The van der Waals surface area contributed by atoms with Gasteiger partial charge in [0.1, 0.15) is 11.5 Å². The summed E-state index contributed by atoms with van der Waals surface area (Å²) in [6, 6.07) is 7.13. The summed E-state index contributed by atoms with van der Waals surface area (Å²) in [7, 11) is 2.14. The van der Waals surface area contributed by atoms with E-state index in [9.17, 15) is 15.0 Å². The Balaban J connectivity index is 1.56. The summed E-state index contributed by atoms with van der Waals surface area (Å²) in [6.45, 7) is 7.67. The fourth-order valence-corrected chi connectivity index (χ4v) is 3.56. The van der Waals surface area contributed by atoms with Crippen molar-refractivity contribution in [1.82, 2.24) is 15.1 Å². The third-order valence-corrected chi connectivity index (χ3v) is 5.40. The highest BCUT2D eigenvalue weighted by molar-refractivity contribution is 5.99. The van der Waals surface area contributed by atoms with E-state index in [0.717, 1.165) is 39.1 Å². The number of likely N-dealkylation sites (N-methyl/N-ethyl adjacent to an activating group) is 1. The van der Waals surface area contributed by atoms with Gasteiger partial charge in [-0.15, -0.1) is 0 Å². The third kappa shape index (κ3) is 4.64. The number of nitrogens with one attached hydrogen (secondary N) is 1. The van der Waals surface area contributed by atoms with E-state index in [1.807, 2.05) is 6.07 Å². The average molecular weight is 383 g/mol. The van der Waals surface area contributed by atoms with E-state index in [1.54, 1.807) is 31.2 Å². The Kier molecular flexibility index (Phi) is 6.54. The van der Waals surface area contributed by atoms with E-state index in [0.29, 0.717) is 28.4 Å². The molecule has 0 unspecified atom stereocenters. The van der Waals surface area contributed by atoms with Gasteiger partial charge in [0.15, 0.2) is 0 Å². The molecule has 2 aromatic rings. The van der Waals surface area contributed by atoms with Crippen LogP contribution in [-0.2, 0) is 4.79 Å². The van der Waals surface area contributed by atoms with Gasteiger partial charge in [-0.1, -0.05) is 24.3 Å². The molecule has 0 radical (unpaired) electrons. The molecule has 0 aliphatic carbocycles. The van der Waals surface area contributed by atoms with Crippen molar-refractivity contribution in [2.75, 3.05) is 46.3 Å². The number of rotatable bonds is 6. The molecule has 3 N–H and O–H groups in total. The molecule has 0 bridgehead atoms. The number of nitrogens with zero attached hydrogens (tertiary/aromatic N) is 2. The van der Waals surface area contributed by atoms with Gasteiger partial charge < -0.3 is 25.3 Å². The molecule has 6 nitrogen and oxygen atoms in total. The Morgan fingerprint density at radius 2 is 1.75 bits per heavy atom. The van der Waals surface area contributed by atoms with Crippen LogP contribution < -0.4 is 5.32 Å². The number of fused-ring (bicyclic) bond motifs is 1. The van der Waals surface area contributed by atoms with Gasteiger partial charge in [-0.2, -0.15) is 0 Å². The normalized spacial score (nSPS) is 16.1. The van der Waals surface area contributed by atoms with E-state index in [2.05, 4.69) is 22.2 Å². The average Bonchev–Trinajstić information content (AvgIpc) is 2.71. The van der Waals surface area contributed by atoms with Gasteiger partial charge >= 0.3 is 0 Å². The quantitative estimate of drug-likeness (QED) is 0.406. The van der Waals surface area contributed by atoms with Crippen molar-refractivity contribution in [1.29, 1.82) is 0 Å². The smallest absolute Gasteiger partial charge is 0.244 e. The molecule has 150 valence electrons. The molecule has 1 aliphatic heterocycles. The molecular weight excluding hydrogens is 354 g/mol. The molecule has 0 saturated carbocycles. The SMILES string of the molecule is Cc1c(/C=C/C(=O)NCCCN2CCN(C)CC2)c(O)c2ccccc2c1O. The number of phenolic OH excluding ortho intramolecular Hbond substituents is 2. The second-order valence-electron chi connectivity index (χ2n) is 7.40. The number of piperazine rings is 1. The Bertz CT molecular complexity index is 871. The molecule has 0 aromatic heterocycles. The minimum absolute atomic E-state index is 0.0741. The van der Waals surface area contributed by atoms with Gasteiger partial charge in [-0.3, -0.25) is 4.79 Å². The van der Waals surface area contributed by atoms with Crippen LogP contribution in [0.15, 0.2) is 30.3 Å². The third-order valence-electron chi connectivity index (χ3n) is 5.40. The summed E-state index contributed by atoms with van der Waals surface area (Å²) in [4.78, 5) is 16.9. The molecule has 1 amide bonds. The van der Waals surface area contributed by atoms with Gasteiger partial charge in [-0.05, 0) is 33.0 Å². The molecule has 28 heavy (non-hydrogen) atoms. The number of carbonyl (C=O) groups is 1. The van der Waals surface area contributed by atoms with Crippen molar-refractivity contribution < 1.29 is 15.0 Å². The van der Waals surface area contributed by atoms with Gasteiger partial charge in [0.2, 0.25) is 5.91 Å². The monoisotopic (exact) mass is 383 g/mol. The summed E-state index contributed by atoms with van der Waals surface area (Å²) in [5.74, 6) is -0.00419. The number of hydrogen-bond donors (Lipinski definition) is 3. The molecule has 2 aromatic carbocycles.